The molecule has 5 aromatic rings. The van der Waals surface area contributed by atoms with Crippen LogP contribution in [0.15, 0.2) is 79.0 Å². The largest absolute Gasteiger partial charge is 0.493 e. The molecule has 0 bridgehead atoms. The van der Waals surface area contributed by atoms with Gasteiger partial charge in [0.2, 0.25) is 0 Å². The lowest BCUT2D eigenvalue weighted by Gasteiger charge is -2.26. The summed E-state index contributed by atoms with van der Waals surface area (Å²) in [4.78, 5) is 6.83. The molecule has 0 atom stereocenters. The highest BCUT2D eigenvalue weighted by Gasteiger charge is 2.19. The maximum Gasteiger partial charge on any atom is 0.173 e. The normalized spacial score (nSPS) is 13.7. The Kier molecular flexibility index (Phi) is 9.23. The molecule has 1 aliphatic heterocycles. The lowest BCUT2D eigenvalue weighted by Crippen LogP contribution is -2.37. The van der Waals surface area contributed by atoms with Crippen LogP contribution in [0.3, 0.4) is 0 Å². The molecule has 1 aliphatic rings. The zero-order valence-electron chi connectivity index (χ0n) is 24.0. The van der Waals surface area contributed by atoms with Crippen molar-refractivity contribution in [2.75, 3.05) is 51.6 Å². The average molecular weight is 622 g/mol. The molecule has 1 saturated heterocycles. The third-order valence-corrected chi connectivity index (χ3v) is 7.73. The summed E-state index contributed by atoms with van der Waals surface area (Å²) in [5, 5.41) is 6.89. The fraction of sp³-hybridized carbons (Fsp3) is 0.242. The number of morpholine rings is 1. The van der Waals surface area contributed by atoms with Crippen molar-refractivity contribution >= 4 is 44.7 Å². The van der Waals surface area contributed by atoms with E-state index < -0.39 is 5.82 Å². The number of benzene rings is 4. The molecule has 0 saturated carbocycles. The van der Waals surface area contributed by atoms with Crippen LogP contribution >= 0.6 is 11.6 Å². The average Bonchev–Trinajstić information content (AvgIpc) is 3.06. The fourth-order valence-electron chi connectivity index (χ4n) is 5.24. The van der Waals surface area contributed by atoms with E-state index in [9.17, 15) is 4.53 Å². The van der Waals surface area contributed by atoms with Gasteiger partial charge in [0, 0.05) is 53.1 Å². The highest BCUT2D eigenvalue weighted by molar-refractivity contribution is 6.30. The van der Waals surface area contributed by atoms with Crippen molar-refractivity contribution in [2.24, 2.45) is 0 Å². The second-order valence-electron chi connectivity index (χ2n) is 10.2. The monoisotopic (exact) mass is 621 g/mol. The van der Waals surface area contributed by atoms with E-state index in [0.29, 0.717) is 56.5 Å². The highest BCUT2D eigenvalue weighted by atomic mass is 35.5. The molecular weight excluding hydrogens is 592 g/mol. The first-order valence-corrected chi connectivity index (χ1v) is 14.6. The van der Waals surface area contributed by atoms with Gasteiger partial charge in [-0.25, -0.2) is 4.39 Å². The second-order valence-corrected chi connectivity index (χ2v) is 10.6. The Balaban J connectivity index is 1.25. The van der Waals surface area contributed by atoms with Crippen LogP contribution in [-0.2, 0) is 9.78 Å². The van der Waals surface area contributed by atoms with E-state index in [1.54, 1.807) is 80.0 Å². The van der Waals surface area contributed by atoms with Crippen LogP contribution in [0.5, 0.6) is 23.0 Å². The number of halogens is 3. The number of ether oxygens (including phenoxy) is 4. The van der Waals surface area contributed by atoms with Crippen molar-refractivity contribution in [1.82, 2.24) is 9.88 Å². The second kappa shape index (κ2) is 13.6. The molecule has 0 aliphatic carbocycles. The van der Waals surface area contributed by atoms with Gasteiger partial charge in [-0.1, -0.05) is 28.8 Å². The lowest BCUT2D eigenvalue weighted by molar-refractivity contribution is -0.132. The van der Waals surface area contributed by atoms with Gasteiger partial charge in [-0.15, -0.1) is 0 Å². The summed E-state index contributed by atoms with van der Waals surface area (Å²) in [5.74, 6) is 0.840. The number of fused-ring (bicyclic) bond motifs is 2. The van der Waals surface area contributed by atoms with Crippen LogP contribution in [0.25, 0.3) is 21.7 Å². The summed E-state index contributed by atoms with van der Waals surface area (Å²) in [6, 6.07) is 19.6. The third-order valence-electron chi connectivity index (χ3n) is 7.47. The Morgan fingerprint density at radius 3 is 2.50 bits per heavy atom. The Bertz CT molecular complexity index is 1750. The van der Waals surface area contributed by atoms with Gasteiger partial charge in [0.1, 0.15) is 5.75 Å². The van der Waals surface area contributed by atoms with E-state index in [1.165, 1.54) is 6.07 Å². The topological polar surface area (TPSA) is 65.5 Å². The number of pyridine rings is 1. The number of anilines is 2. The zero-order valence-corrected chi connectivity index (χ0v) is 24.7. The van der Waals surface area contributed by atoms with Crippen LogP contribution < -0.4 is 19.3 Å². The predicted molar refractivity (Wildman–Crippen MR) is 165 cm³/mol. The zero-order chi connectivity index (χ0) is 30.5. The number of nitrogens with zero attached hydrogens (tertiary/aromatic N) is 3. The minimum atomic E-state index is -0.614. The van der Waals surface area contributed by atoms with Crippen LogP contribution in [0.2, 0.25) is 5.02 Å². The molecule has 0 radical (unpaired) electrons. The molecule has 0 N–H and O–H groups in total. The molecule has 2 heterocycles. The molecular formula is C33H30ClF2N3O5. The summed E-state index contributed by atoms with van der Waals surface area (Å²) < 4.78 is 52.9. The molecule has 44 heavy (non-hydrogen) atoms. The van der Waals surface area contributed by atoms with Gasteiger partial charge in [-0.05, 0) is 65.5 Å². The van der Waals surface area contributed by atoms with E-state index in [1.807, 2.05) is 0 Å². The van der Waals surface area contributed by atoms with E-state index in [4.69, 9.17) is 30.5 Å². The molecule has 8 nitrogen and oxygen atoms in total. The minimum Gasteiger partial charge on any atom is -0.493 e. The van der Waals surface area contributed by atoms with Gasteiger partial charge in [-0.3, -0.25) is 9.88 Å². The smallest absolute Gasteiger partial charge is 0.173 e. The Hall–Kier alpha value is -4.22. The van der Waals surface area contributed by atoms with Gasteiger partial charge in [0.25, 0.3) is 0 Å². The van der Waals surface area contributed by atoms with E-state index in [0.717, 1.165) is 44.3 Å². The van der Waals surface area contributed by atoms with E-state index in [2.05, 4.69) is 14.9 Å². The maximum absolute atomic E-state index is 15.9. The summed E-state index contributed by atoms with van der Waals surface area (Å²) in [5.41, 5.74) is 1.28. The maximum atomic E-state index is 15.9. The van der Waals surface area contributed by atoms with Crippen LogP contribution in [0.4, 0.5) is 20.3 Å². The van der Waals surface area contributed by atoms with Gasteiger partial charge >= 0.3 is 0 Å². The number of hydrogen-bond acceptors (Lipinski definition) is 8. The third kappa shape index (κ3) is 6.34. The first kappa shape index (κ1) is 29.8. The van der Waals surface area contributed by atoms with E-state index in [-0.39, 0.29) is 11.1 Å². The summed E-state index contributed by atoms with van der Waals surface area (Å²) in [6.07, 6.45) is 2.45. The SMILES string of the molecule is COc1cc2c(Oc3ccc4c(N(OF)c5ccc(Cl)cc5)cccc4c3F)ccnc2cc1OCCCN1CCOCC1. The fourth-order valence-corrected chi connectivity index (χ4v) is 5.36. The van der Waals surface area contributed by atoms with Crippen molar-refractivity contribution in [3.63, 3.8) is 0 Å². The minimum absolute atomic E-state index is 0.0104. The van der Waals surface area contributed by atoms with Gasteiger partial charge in [0.05, 0.1) is 43.8 Å². The molecule has 1 fully saturated rings. The van der Waals surface area contributed by atoms with Crippen molar-refractivity contribution in [2.45, 2.75) is 6.42 Å². The first-order valence-electron chi connectivity index (χ1n) is 14.2. The lowest BCUT2D eigenvalue weighted by atomic mass is 10.1. The summed E-state index contributed by atoms with van der Waals surface area (Å²) in [6.45, 7) is 4.82. The molecule has 11 heteroatoms. The van der Waals surface area contributed by atoms with Gasteiger partial charge < -0.3 is 18.9 Å². The summed E-state index contributed by atoms with van der Waals surface area (Å²) in [7, 11) is 1.56. The molecule has 0 spiro atoms. The number of hydrogen-bond donors (Lipinski definition) is 0. The molecule has 0 amide bonds. The predicted octanol–water partition coefficient (Wildman–Crippen LogP) is 8.04. The van der Waals surface area contributed by atoms with Crippen LogP contribution in [-0.4, -0.2) is 56.4 Å². The van der Waals surface area contributed by atoms with Crippen LogP contribution in [0.1, 0.15) is 6.42 Å². The first-order chi connectivity index (χ1) is 21.6. The Labute approximate surface area is 258 Å². The van der Waals surface area contributed by atoms with Crippen molar-refractivity contribution < 1.29 is 32.9 Å². The van der Waals surface area contributed by atoms with Gasteiger partial charge in [0.15, 0.2) is 23.1 Å². The van der Waals surface area contributed by atoms with Crippen molar-refractivity contribution in [3.05, 3.63) is 89.8 Å². The van der Waals surface area contributed by atoms with Crippen LogP contribution in [0, 0.1) is 5.82 Å². The molecule has 0 unspecified atom stereocenters. The number of rotatable bonds is 11. The number of aromatic nitrogens is 1. The highest BCUT2D eigenvalue weighted by Crippen LogP contribution is 2.40. The Morgan fingerprint density at radius 2 is 1.73 bits per heavy atom. The van der Waals surface area contributed by atoms with Gasteiger partial charge in [-0.2, -0.15) is 5.06 Å². The quantitative estimate of drug-likeness (QED) is 0.108. The molecule has 6 rings (SSSR count). The standard InChI is InChI=1S/C33H30ClF2N3O5/c1-40-31-20-26-27(21-32(31)42-17-3-14-38-15-18-41-19-16-38)37-13-12-29(26)43-30-11-10-24-25(33(30)35)4-2-5-28(24)39(44-36)23-8-6-22(34)7-9-23/h2,4-13,20-21H,3,14-19H2,1H3. The molecule has 4 aromatic carbocycles. The number of methoxy groups -OCH3 is 1. The summed E-state index contributed by atoms with van der Waals surface area (Å²) >= 11 is 5.98. The Morgan fingerprint density at radius 1 is 0.909 bits per heavy atom. The van der Waals surface area contributed by atoms with Crippen molar-refractivity contribution in [1.29, 1.82) is 0 Å². The van der Waals surface area contributed by atoms with Crippen molar-refractivity contribution in [3.8, 4) is 23.0 Å². The molecule has 228 valence electrons. The molecule has 1 aromatic heterocycles. The van der Waals surface area contributed by atoms with E-state index >= 15 is 4.39 Å².